The SMILES string of the molecule is CC(Sc1nnc(-c2c[nH]c3ccccc23)o1)C(=O)Nc1ccc(N2CCOCC2)cc1. The molecule has 1 unspecified atom stereocenters. The molecular weight excluding hydrogens is 426 g/mol. The number of aromatic amines is 1. The summed E-state index contributed by atoms with van der Waals surface area (Å²) in [5.74, 6) is 0.303. The van der Waals surface area contributed by atoms with E-state index >= 15 is 0 Å². The van der Waals surface area contributed by atoms with Crippen LogP contribution in [-0.4, -0.2) is 52.6 Å². The van der Waals surface area contributed by atoms with Crippen molar-refractivity contribution < 1.29 is 13.9 Å². The van der Waals surface area contributed by atoms with Crippen LogP contribution in [-0.2, 0) is 9.53 Å². The Morgan fingerprint density at radius 2 is 1.91 bits per heavy atom. The molecule has 0 spiro atoms. The molecule has 2 aromatic heterocycles. The first kappa shape index (κ1) is 20.6. The summed E-state index contributed by atoms with van der Waals surface area (Å²) in [6.45, 7) is 5.06. The van der Waals surface area contributed by atoms with Gasteiger partial charge in [0, 0.05) is 41.6 Å². The third kappa shape index (κ3) is 4.35. The van der Waals surface area contributed by atoms with Gasteiger partial charge in [-0.2, -0.15) is 0 Å². The first-order valence-electron chi connectivity index (χ1n) is 10.5. The van der Waals surface area contributed by atoms with Gasteiger partial charge in [0.15, 0.2) is 0 Å². The summed E-state index contributed by atoms with van der Waals surface area (Å²) in [6.07, 6.45) is 1.85. The topological polar surface area (TPSA) is 96.3 Å². The number of anilines is 2. The molecule has 0 aliphatic carbocycles. The van der Waals surface area contributed by atoms with Crippen LogP contribution in [0, 0.1) is 0 Å². The highest BCUT2D eigenvalue weighted by Gasteiger charge is 2.20. The largest absolute Gasteiger partial charge is 0.411 e. The Balaban J connectivity index is 1.21. The molecular formula is C23H23N5O3S. The normalized spacial score (nSPS) is 15.1. The van der Waals surface area contributed by atoms with Crippen LogP contribution in [0.5, 0.6) is 0 Å². The fraction of sp³-hybridized carbons (Fsp3) is 0.261. The summed E-state index contributed by atoms with van der Waals surface area (Å²) in [5, 5.41) is 12.2. The Kier molecular flexibility index (Phi) is 5.83. The van der Waals surface area contributed by atoms with Crippen LogP contribution in [0.25, 0.3) is 22.4 Å². The van der Waals surface area contributed by atoms with Gasteiger partial charge in [-0.1, -0.05) is 30.0 Å². The van der Waals surface area contributed by atoms with Crippen molar-refractivity contribution in [2.24, 2.45) is 0 Å². The fourth-order valence-corrected chi connectivity index (χ4v) is 4.32. The van der Waals surface area contributed by atoms with Crippen LogP contribution in [0.1, 0.15) is 6.92 Å². The van der Waals surface area contributed by atoms with Gasteiger partial charge in [-0.15, -0.1) is 10.2 Å². The van der Waals surface area contributed by atoms with E-state index in [1.165, 1.54) is 11.8 Å². The molecule has 32 heavy (non-hydrogen) atoms. The molecule has 1 saturated heterocycles. The molecule has 0 bridgehead atoms. The summed E-state index contributed by atoms with van der Waals surface area (Å²) in [7, 11) is 0. The van der Waals surface area contributed by atoms with E-state index in [0.29, 0.717) is 11.1 Å². The smallest absolute Gasteiger partial charge is 0.277 e. The minimum atomic E-state index is -0.398. The molecule has 1 fully saturated rings. The fourth-order valence-electron chi connectivity index (χ4n) is 3.64. The number of carbonyl (C=O) groups excluding carboxylic acids is 1. The predicted molar refractivity (Wildman–Crippen MR) is 125 cm³/mol. The van der Waals surface area contributed by atoms with Gasteiger partial charge in [0.05, 0.1) is 24.0 Å². The molecule has 8 nitrogen and oxygen atoms in total. The van der Waals surface area contributed by atoms with E-state index in [1.54, 1.807) is 0 Å². The van der Waals surface area contributed by atoms with Crippen LogP contribution in [0.4, 0.5) is 11.4 Å². The minimum Gasteiger partial charge on any atom is -0.411 e. The van der Waals surface area contributed by atoms with Crippen LogP contribution < -0.4 is 10.2 Å². The van der Waals surface area contributed by atoms with Gasteiger partial charge in [0.25, 0.3) is 11.1 Å². The number of H-pyrrole nitrogens is 1. The zero-order chi connectivity index (χ0) is 21.9. The lowest BCUT2D eigenvalue weighted by Crippen LogP contribution is -2.36. The molecule has 164 valence electrons. The number of hydrogen-bond donors (Lipinski definition) is 2. The Labute approximate surface area is 189 Å². The van der Waals surface area contributed by atoms with Gasteiger partial charge in [0.1, 0.15) is 0 Å². The van der Waals surface area contributed by atoms with Crippen LogP contribution in [0.2, 0.25) is 0 Å². The second-order valence-corrected chi connectivity index (χ2v) is 8.81. The highest BCUT2D eigenvalue weighted by atomic mass is 32.2. The summed E-state index contributed by atoms with van der Waals surface area (Å²) in [6, 6.07) is 15.8. The van der Waals surface area contributed by atoms with E-state index in [-0.39, 0.29) is 5.91 Å². The van der Waals surface area contributed by atoms with Gasteiger partial charge < -0.3 is 24.4 Å². The monoisotopic (exact) mass is 449 g/mol. The number of morpholine rings is 1. The highest BCUT2D eigenvalue weighted by Crippen LogP contribution is 2.31. The number of para-hydroxylation sites is 1. The van der Waals surface area contributed by atoms with E-state index in [4.69, 9.17) is 9.15 Å². The first-order valence-corrected chi connectivity index (χ1v) is 11.4. The third-order valence-electron chi connectivity index (χ3n) is 5.38. The van der Waals surface area contributed by atoms with E-state index in [1.807, 2.05) is 61.7 Å². The molecule has 2 aromatic carbocycles. The summed E-state index contributed by atoms with van der Waals surface area (Å²) >= 11 is 1.24. The van der Waals surface area contributed by atoms with E-state index in [2.05, 4.69) is 25.4 Å². The quantitative estimate of drug-likeness (QED) is 0.426. The Morgan fingerprint density at radius 3 is 2.72 bits per heavy atom. The zero-order valence-electron chi connectivity index (χ0n) is 17.6. The van der Waals surface area contributed by atoms with Crippen molar-refractivity contribution in [2.45, 2.75) is 17.4 Å². The molecule has 9 heteroatoms. The molecule has 4 aromatic rings. The highest BCUT2D eigenvalue weighted by molar-refractivity contribution is 8.00. The summed E-state index contributed by atoms with van der Waals surface area (Å²) in [5.41, 5.74) is 3.73. The number of amides is 1. The van der Waals surface area contributed by atoms with Crippen molar-refractivity contribution in [3.8, 4) is 11.5 Å². The lowest BCUT2D eigenvalue weighted by atomic mass is 10.2. The van der Waals surface area contributed by atoms with Crippen LogP contribution in [0.3, 0.4) is 0 Å². The molecule has 0 saturated carbocycles. The molecule has 1 aliphatic rings. The number of fused-ring (bicyclic) bond motifs is 1. The maximum absolute atomic E-state index is 12.7. The van der Waals surface area contributed by atoms with Gasteiger partial charge >= 0.3 is 0 Å². The number of nitrogens with one attached hydrogen (secondary N) is 2. The Morgan fingerprint density at radius 1 is 1.12 bits per heavy atom. The number of carbonyl (C=O) groups is 1. The molecule has 0 radical (unpaired) electrons. The van der Waals surface area contributed by atoms with Crippen molar-refractivity contribution in [3.05, 3.63) is 54.7 Å². The lowest BCUT2D eigenvalue weighted by molar-refractivity contribution is -0.115. The third-order valence-corrected chi connectivity index (χ3v) is 6.32. The molecule has 5 rings (SSSR count). The summed E-state index contributed by atoms with van der Waals surface area (Å²) < 4.78 is 11.2. The van der Waals surface area contributed by atoms with Crippen molar-refractivity contribution in [2.75, 3.05) is 36.5 Å². The number of rotatable bonds is 6. The molecule has 1 aliphatic heterocycles. The number of aromatic nitrogens is 3. The van der Waals surface area contributed by atoms with Gasteiger partial charge in [-0.3, -0.25) is 4.79 Å². The second kappa shape index (κ2) is 9.05. The molecule has 3 heterocycles. The van der Waals surface area contributed by atoms with Crippen molar-refractivity contribution in [3.63, 3.8) is 0 Å². The zero-order valence-corrected chi connectivity index (χ0v) is 18.4. The molecule has 1 atom stereocenters. The number of thioether (sulfide) groups is 1. The average Bonchev–Trinajstić information content (AvgIpc) is 3.47. The van der Waals surface area contributed by atoms with E-state index in [0.717, 1.165) is 54.1 Å². The van der Waals surface area contributed by atoms with Crippen molar-refractivity contribution in [1.29, 1.82) is 0 Å². The number of ether oxygens (including phenoxy) is 1. The van der Waals surface area contributed by atoms with E-state index in [9.17, 15) is 4.79 Å². The maximum Gasteiger partial charge on any atom is 0.277 e. The molecule has 2 N–H and O–H groups in total. The van der Waals surface area contributed by atoms with Gasteiger partial charge in [-0.25, -0.2) is 0 Å². The maximum atomic E-state index is 12.7. The predicted octanol–water partition coefficient (Wildman–Crippen LogP) is 4.17. The number of nitrogens with zero attached hydrogens (tertiary/aromatic N) is 3. The van der Waals surface area contributed by atoms with Crippen LogP contribution >= 0.6 is 11.8 Å². The average molecular weight is 450 g/mol. The Bertz CT molecular complexity index is 1210. The van der Waals surface area contributed by atoms with Crippen LogP contribution in [0.15, 0.2) is 64.4 Å². The second-order valence-electron chi connectivity index (χ2n) is 7.52. The van der Waals surface area contributed by atoms with Gasteiger partial charge in [-0.05, 0) is 37.3 Å². The van der Waals surface area contributed by atoms with Crippen molar-refractivity contribution in [1.82, 2.24) is 15.2 Å². The first-order chi connectivity index (χ1) is 15.7. The summed E-state index contributed by atoms with van der Waals surface area (Å²) in [4.78, 5) is 18.1. The van der Waals surface area contributed by atoms with Crippen molar-refractivity contribution >= 4 is 39.9 Å². The standard InChI is InChI=1S/C23H23N5O3S/c1-15(21(29)25-16-6-8-17(9-7-16)28-10-12-30-13-11-28)32-23-27-26-22(31-23)19-14-24-20-5-3-2-4-18(19)20/h2-9,14-15,24H,10-13H2,1H3,(H,25,29). The number of benzene rings is 2. The number of hydrogen-bond acceptors (Lipinski definition) is 7. The van der Waals surface area contributed by atoms with Gasteiger partial charge in [0.2, 0.25) is 5.91 Å². The Hall–Kier alpha value is -3.30. The molecule has 1 amide bonds. The van der Waals surface area contributed by atoms with E-state index < -0.39 is 5.25 Å². The minimum absolute atomic E-state index is 0.124. The lowest BCUT2D eigenvalue weighted by Gasteiger charge is -2.28.